The van der Waals surface area contributed by atoms with Crippen LogP contribution in [-0.4, -0.2) is 30.4 Å². The molecule has 0 aliphatic heterocycles. The van der Waals surface area contributed by atoms with Gasteiger partial charge in [-0.2, -0.15) is 0 Å². The van der Waals surface area contributed by atoms with Crippen LogP contribution in [-0.2, 0) is 16.0 Å². The first-order valence-electron chi connectivity index (χ1n) is 6.35. The molecule has 4 N–H and O–H groups in total. The van der Waals surface area contributed by atoms with Gasteiger partial charge >= 0.3 is 0 Å². The number of halogens is 1. The molecule has 0 aliphatic rings. The Hall–Kier alpha value is -1.59. The third-order valence-corrected chi connectivity index (χ3v) is 2.51. The van der Waals surface area contributed by atoms with Gasteiger partial charge < -0.3 is 16.4 Å². The van der Waals surface area contributed by atoms with E-state index < -0.39 is 6.04 Å². The Labute approximate surface area is 125 Å². The number of amides is 2. The molecule has 5 nitrogen and oxygen atoms in total. The van der Waals surface area contributed by atoms with E-state index in [0.717, 1.165) is 5.56 Å². The van der Waals surface area contributed by atoms with Crippen molar-refractivity contribution in [3.63, 3.8) is 0 Å². The van der Waals surface area contributed by atoms with E-state index in [2.05, 4.69) is 10.6 Å². The van der Waals surface area contributed by atoms with Crippen LogP contribution in [0, 0.1) is 0 Å². The highest BCUT2D eigenvalue weighted by molar-refractivity contribution is 5.87. The van der Waals surface area contributed by atoms with Gasteiger partial charge in [0, 0.05) is 6.04 Å². The summed E-state index contributed by atoms with van der Waals surface area (Å²) in [7, 11) is 0. The summed E-state index contributed by atoms with van der Waals surface area (Å²) in [6, 6.07) is 8.95. The maximum Gasteiger partial charge on any atom is 0.239 e. The third kappa shape index (κ3) is 7.11. The minimum absolute atomic E-state index is 0. The van der Waals surface area contributed by atoms with Gasteiger partial charge in [0.25, 0.3) is 0 Å². The van der Waals surface area contributed by atoms with Crippen LogP contribution in [0.3, 0.4) is 0 Å². The van der Waals surface area contributed by atoms with E-state index in [1.165, 1.54) is 0 Å². The van der Waals surface area contributed by atoms with E-state index in [1.807, 2.05) is 44.2 Å². The molecule has 0 saturated heterocycles. The van der Waals surface area contributed by atoms with E-state index >= 15 is 0 Å². The summed E-state index contributed by atoms with van der Waals surface area (Å²) >= 11 is 0. The van der Waals surface area contributed by atoms with E-state index in [-0.39, 0.29) is 36.8 Å². The summed E-state index contributed by atoms with van der Waals surface area (Å²) in [6.07, 6.45) is 0.457. The van der Waals surface area contributed by atoms with Crippen LogP contribution in [0.2, 0.25) is 0 Å². The molecule has 2 amide bonds. The largest absolute Gasteiger partial charge is 0.352 e. The number of benzene rings is 1. The first-order valence-corrected chi connectivity index (χ1v) is 6.35. The molecule has 0 bridgehead atoms. The zero-order valence-corrected chi connectivity index (χ0v) is 12.6. The summed E-state index contributed by atoms with van der Waals surface area (Å²) in [5, 5.41) is 5.22. The zero-order valence-electron chi connectivity index (χ0n) is 11.8. The molecular weight excluding hydrogens is 278 g/mol. The average molecular weight is 300 g/mol. The number of hydrogen-bond donors (Lipinski definition) is 3. The summed E-state index contributed by atoms with van der Waals surface area (Å²) in [5.74, 6) is -0.530. The number of nitrogens with one attached hydrogen (secondary N) is 2. The highest BCUT2D eigenvalue weighted by Crippen LogP contribution is 2.01. The fraction of sp³-hybridized carbons (Fsp3) is 0.429. The van der Waals surface area contributed by atoms with Crippen LogP contribution in [0.4, 0.5) is 0 Å². The third-order valence-electron chi connectivity index (χ3n) is 2.51. The summed E-state index contributed by atoms with van der Waals surface area (Å²) in [5.41, 5.74) is 6.79. The van der Waals surface area contributed by atoms with Crippen molar-refractivity contribution in [1.82, 2.24) is 10.6 Å². The Balaban J connectivity index is 0.00000361. The topological polar surface area (TPSA) is 84.2 Å². The van der Waals surface area contributed by atoms with Crippen LogP contribution in [0.1, 0.15) is 19.4 Å². The van der Waals surface area contributed by atoms with Gasteiger partial charge in [-0.3, -0.25) is 9.59 Å². The van der Waals surface area contributed by atoms with E-state index in [1.54, 1.807) is 0 Å². The fourth-order valence-electron chi connectivity index (χ4n) is 1.63. The lowest BCUT2D eigenvalue weighted by atomic mass is 10.1. The molecular formula is C14H22ClN3O2. The van der Waals surface area contributed by atoms with Crippen LogP contribution in [0.15, 0.2) is 30.3 Å². The van der Waals surface area contributed by atoms with Crippen LogP contribution in [0.25, 0.3) is 0 Å². The number of hydrogen-bond acceptors (Lipinski definition) is 3. The molecule has 0 aliphatic carbocycles. The second-order valence-corrected chi connectivity index (χ2v) is 4.74. The molecule has 0 saturated carbocycles. The van der Waals surface area contributed by atoms with Crippen molar-refractivity contribution in [3.8, 4) is 0 Å². The number of carbonyl (C=O) groups excluding carboxylic acids is 2. The first kappa shape index (κ1) is 18.4. The molecule has 20 heavy (non-hydrogen) atoms. The van der Waals surface area contributed by atoms with Crippen LogP contribution in [0.5, 0.6) is 0 Å². The maximum absolute atomic E-state index is 11.7. The minimum atomic E-state index is -0.644. The molecule has 112 valence electrons. The Morgan fingerprint density at radius 1 is 1.20 bits per heavy atom. The lowest BCUT2D eigenvalue weighted by Gasteiger charge is -2.13. The predicted molar refractivity (Wildman–Crippen MR) is 81.7 cm³/mol. The lowest BCUT2D eigenvalue weighted by molar-refractivity contribution is -0.127. The highest BCUT2D eigenvalue weighted by atomic mass is 35.5. The molecule has 0 aromatic heterocycles. The average Bonchev–Trinajstić information content (AvgIpc) is 2.36. The van der Waals surface area contributed by atoms with Gasteiger partial charge in [-0.05, 0) is 25.8 Å². The fourth-order valence-corrected chi connectivity index (χ4v) is 1.63. The predicted octanol–water partition coefficient (Wildman–Crippen LogP) is 0.619. The van der Waals surface area contributed by atoms with Crippen LogP contribution >= 0.6 is 12.4 Å². The molecule has 0 spiro atoms. The minimum Gasteiger partial charge on any atom is -0.352 e. The van der Waals surface area contributed by atoms with Crippen LogP contribution < -0.4 is 16.4 Å². The number of nitrogens with two attached hydrogens (primary N) is 1. The zero-order chi connectivity index (χ0) is 14.3. The molecule has 0 radical (unpaired) electrons. The quantitative estimate of drug-likeness (QED) is 0.720. The van der Waals surface area contributed by atoms with Gasteiger partial charge in [0.05, 0.1) is 12.6 Å². The van der Waals surface area contributed by atoms with Gasteiger partial charge in [0.15, 0.2) is 0 Å². The van der Waals surface area contributed by atoms with E-state index in [0.29, 0.717) is 6.42 Å². The van der Waals surface area contributed by atoms with Gasteiger partial charge in [-0.1, -0.05) is 30.3 Å². The van der Waals surface area contributed by atoms with Gasteiger partial charge in [-0.25, -0.2) is 0 Å². The van der Waals surface area contributed by atoms with Gasteiger partial charge in [-0.15, -0.1) is 12.4 Å². The molecule has 1 unspecified atom stereocenters. The number of carbonyl (C=O) groups is 2. The molecule has 6 heteroatoms. The van der Waals surface area contributed by atoms with E-state index in [9.17, 15) is 9.59 Å². The van der Waals surface area contributed by atoms with Gasteiger partial charge in [0.1, 0.15) is 0 Å². The molecule has 1 rings (SSSR count). The second-order valence-electron chi connectivity index (χ2n) is 4.74. The summed E-state index contributed by atoms with van der Waals surface area (Å²) < 4.78 is 0. The second kappa shape index (κ2) is 9.34. The SMILES string of the molecule is CC(C)NC(=O)CNC(=O)C(N)Cc1ccccc1.Cl. The van der Waals surface area contributed by atoms with Crippen molar-refractivity contribution >= 4 is 24.2 Å². The standard InChI is InChI=1S/C14H21N3O2.ClH/c1-10(2)17-13(18)9-16-14(19)12(15)8-11-6-4-3-5-7-11;/h3-7,10,12H,8-9,15H2,1-2H3,(H,16,19)(H,17,18);1H. The molecule has 1 aromatic rings. The monoisotopic (exact) mass is 299 g/mol. The highest BCUT2D eigenvalue weighted by Gasteiger charge is 2.14. The van der Waals surface area contributed by atoms with Crippen molar-refractivity contribution in [2.24, 2.45) is 5.73 Å². The van der Waals surface area contributed by atoms with Crippen molar-refractivity contribution in [1.29, 1.82) is 0 Å². The Morgan fingerprint density at radius 3 is 2.35 bits per heavy atom. The van der Waals surface area contributed by atoms with Crippen molar-refractivity contribution in [2.45, 2.75) is 32.4 Å². The number of rotatable bonds is 6. The van der Waals surface area contributed by atoms with Crippen molar-refractivity contribution < 1.29 is 9.59 Å². The Morgan fingerprint density at radius 2 is 1.80 bits per heavy atom. The Bertz CT molecular complexity index is 424. The van der Waals surface area contributed by atoms with Gasteiger partial charge in [0.2, 0.25) is 11.8 Å². The van der Waals surface area contributed by atoms with E-state index in [4.69, 9.17) is 5.73 Å². The lowest BCUT2D eigenvalue weighted by Crippen LogP contribution is -2.46. The molecule has 1 aromatic carbocycles. The van der Waals surface area contributed by atoms with Crippen molar-refractivity contribution in [2.75, 3.05) is 6.54 Å². The molecule has 0 fully saturated rings. The summed E-state index contributed by atoms with van der Waals surface area (Å²) in [6.45, 7) is 3.68. The maximum atomic E-state index is 11.7. The molecule has 0 heterocycles. The summed E-state index contributed by atoms with van der Waals surface area (Å²) in [4.78, 5) is 23.1. The first-order chi connectivity index (χ1) is 8.99. The normalized spacial score (nSPS) is 11.4. The molecule has 1 atom stereocenters. The Kier molecular flexibility index (Phi) is 8.59. The smallest absolute Gasteiger partial charge is 0.239 e. The van der Waals surface area contributed by atoms with Crippen molar-refractivity contribution in [3.05, 3.63) is 35.9 Å².